The fraction of sp³-hybridized carbons (Fsp3) is 0.154. The summed E-state index contributed by atoms with van der Waals surface area (Å²) >= 11 is 12.0. The van der Waals surface area contributed by atoms with Gasteiger partial charge in [-0.05, 0) is 26.0 Å². The second kappa shape index (κ2) is 6.07. The summed E-state index contributed by atoms with van der Waals surface area (Å²) in [6.45, 7) is 3.46. The van der Waals surface area contributed by atoms with Crippen molar-refractivity contribution in [2.45, 2.75) is 13.8 Å². The average molecular weight is 311 g/mol. The summed E-state index contributed by atoms with van der Waals surface area (Å²) in [5, 5.41) is 4.95. The van der Waals surface area contributed by atoms with Crippen LogP contribution < -0.4 is 11.0 Å². The van der Waals surface area contributed by atoms with Crippen LogP contribution in [0.4, 0.5) is 5.95 Å². The lowest BCUT2D eigenvalue weighted by Crippen LogP contribution is -2.15. The zero-order chi connectivity index (χ0) is 14.7. The van der Waals surface area contributed by atoms with Crippen LogP contribution >= 0.6 is 23.2 Å². The second-order valence-electron chi connectivity index (χ2n) is 4.13. The molecule has 5 nitrogen and oxygen atoms in total. The van der Waals surface area contributed by atoms with Crippen molar-refractivity contribution in [1.29, 1.82) is 0 Å². The fourth-order valence-corrected chi connectivity index (χ4v) is 1.99. The summed E-state index contributed by atoms with van der Waals surface area (Å²) in [7, 11) is 0. The normalized spacial score (nSPS) is 11.0. The predicted octanol–water partition coefficient (Wildman–Crippen LogP) is 3.14. The molecule has 0 unspecified atom stereocenters. The highest BCUT2D eigenvalue weighted by Gasteiger charge is 2.04. The third-order valence-corrected chi connectivity index (χ3v) is 3.42. The highest BCUT2D eigenvalue weighted by atomic mass is 35.5. The molecule has 0 aliphatic carbocycles. The molecule has 0 saturated heterocycles. The zero-order valence-corrected chi connectivity index (χ0v) is 12.4. The molecule has 1 aromatic heterocycles. The van der Waals surface area contributed by atoms with Crippen molar-refractivity contribution in [2.24, 2.45) is 5.10 Å². The van der Waals surface area contributed by atoms with Crippen LogP contribution in [0.15, 0.2) is 28.1 Å². The largest absolute Gasteiger partial charge is 0.291 e. The molecule has 0 atom stereocenters. The number of aryl methyl sites for hydroxylation is 1. The summed E-state index contributed by atoms with van der Waals surface area (Å²) in [6.07, 6.45) is 1.47. The topological polar surface area (TPSA) is 70.1 Å². The maximum Gasteiger partial charge on any atom is 0.255 e. The SMILES string of the molecule is Cc1nc(N/N=C\c2c(Cl)cccc2Cl)[nH]c(=O)c1C. The first-order valence-electron chi connectivity index (χ1n) is 5.79. The van der Waals surface area contributed by atoms with Crippen LogP contribution in [0, 0.1) is 13.8 Å². The van der Waals surface area contributed by atoms with Crippen molar-refractivity contribution < 1.29 is 0 Å². The van der Waals surface area contributed by atoms with E-state index >= 15 is 0 Å². The van der Waals surface area contributed by atoms with Gasteiger partial charge < -0.3 is 0 Å². The van der Waals surface area contributed by atoms with Crippen molar-refractivity contribution in [2.75, 3.05) is 5.43 Å². The minimum atomic E-state index is -0.203. The smallest absolute Gasteiger partial charge is 0.255 e. The number of hydrogen-bond acceptors (Lipinski definition) is 4. The number of hydrazone groups is 1. The van der Waals surface area contributed by atoms with Crippen molar-refractivity contribution >= 4 is 35.4 Å². The number of aromatic amines is 1. The minimum Gasteiger partial charge on any atom is -0.291 e. The molecular formula is C13H12Cl2N4O. The van der Waals surface area contributed by atoms with Gasteiger partial charge in [-0.1, -0.05) is 29.3 Å². The van der Waals surface area contributed by atoms with Gasteiger partial charge in [0, 0.05) is 16.8 Å². The molecule has 104 valence electrons. The van der Waals surface area contributed by atoms with Gasteiger partial charge in [0.1, 0.15) is 0 Å². The molecule has 2 aromatic rings. The molecule has 2 rings (SSSR count). The minimum absolute atomic E-state index is 0.203. The van der Waals surface area contributed by atoms with Crippen molar-refractivity contribution in [1.82, 2.24) is 9.97 Å². The van der Waals surface area contributed by atoms with Gasteiger partial charge in [-0.3, -0.25) is 9.78 Å². The van der Waals surface area contributed by atoms with Crippen molar-refractivity contribution in [3.63, 3.8) is 0 Å². The van der Waals surface area contributed by atoms with E-state index in [9.17, 15) is 4.79 Å². The quantitative estimate of drug-likeness (QED) is 0.676. The Morgan fingerprint density at radius 3 is 2.55 bits per heavy atom. The predicted molar refractivity (Wildman–Crippen MR) is 82.0 cm³/mol. The first-order chi connectivity index (χ1) is 9.49. The van der Waals surface area contributed by atoms with E-state index in [4.69, 9.17) is 23.2 Å². The Morgan fingerprint density at radius 2 is 1.95 bits per heavy atom. The van der Waals surface area contributed by atoms with E-state index in [-0.39, 0.29) is 11.5 Å². The van der Waals surface area contributed by atoms with E-state index < -0.39 is 0 Å². The number of anilines is 1. The van der Waals surface area contributed by atoms with Gasteiger partial charge in [-0.15, -0.1) is 0 Å². The molecule has 0 radical (unpaired) electrons. The summed E-state index contributed by atoms with van der Waals surface area (Å²) in [5.74, 6) is 0.262. The lowest BCUT2D eigenvalue weighted by atomic mass is 10.2. The van der Waals surface area contributed by atoms with Gasteiger partial charge in [-0.2, -0.15) is 5.10 Å². The second-order valence-corrected chi connectivity index (χ2v) is 4.94. The van der Waals surface area contributed by atoms with E-state index in [1.165, 1.54) is 6.21 Å². The molecule has 2 N–H and O–H groups in total. The summed E-state index contributed by atoms with van der Waals surface area (Å²) in [4.78, 5) is 18.3. The Labute approximate surface area is 125 Å². The fourth-order valence-electron chi connectivity index (χ4n) is 1.49. The number of rotatable bonds is 3. The Balaban J connectivity index is 2.21. The molecule has 20 heavy (non-hydrogen) atoms. The standard InChI is InChI=1S/C13H12Cl2N4O/c1-7-8(2)17-13(18-12(7)20)19-16-6-9-10(14)4-3-5-11(9)15/h3-6H,1-2H3,(H2,17,18,19,20)/b16-6-. The molecule has 0 aliphatic heterocycles. The third kappa shape index (κ3) is 3.18. The third-order valence-electron chi connectivity index (χ3n) is 2.76. The first-order valence-corrected chi connectivity index (χ1v) is 6.55. The lowest BCUT2D eigenvalue weighted by molar-refractivity contribution is 1.01. The maximum atomic E-state index is 11.6. The van der Waals surface area contributed by atoms with E-state index in [0.717, 1.165) is 0 Å². The Kier molecular flexibility index (Phi) is 4.42. The van der Waals surface area contributed by atoms with Gasteiger partial charge in [0.05, 0.1) is 16.3 Å². The van der Waals surface area contributed by atoms with Crippen LogP contribution in [0.2, 0.25) is 10.0 Å². The van der Waals surface area contributed by atoms with Crippen LogP contribution in [0.5, 0.6) is 0 Å². The number of benzene rings is 1. The highest BCUT2D eigenvalue weighted by molar-refractivity contribution is 6.38. The summed E-state index contributed by atoms with van der Waals surface area (Å²) in [5.41, 5.74) is 4.25. The van der Waals surface area contributed by atoms with Crippen LogP contribution in [0.25, 0.3) is 0 Å². The van der Waals surface area contributed by atoms with Gasteiger partial charge in [0.2, 0.25) is 5.95 Å². The lowest BCUT2D eigenvalue weighted by Gasteiger charge is -2.03. The molecule has 7 heteroatoms. The zero-order valence-electron chi connectivity index (χ0n) is 10.9. The first kappa shape index (κ1) is 14.6. The molecule has 0 saturated carbocycles. The number of hydrogen-bond donors (Lipinski definition) is 2. The number of nitrogens with zero attached hydrogens (tertiary/aromatic N) is 2. The Hall–Kier alpha value is -1.85. The molecule has 1 heterocycles. The summed E-state index contributed by atoms with van der Waals surface area (Å²) < 4.78 is 0. The van der Waals surface area contributed by atoms with E-state index in [1.807, 2.05) is 0 Å². The van der Waals surface area contributed by atoms with E-state index in [0.29, 0.717) is 26.9 Å². The molecule has 1 aromatic carbocycles. The Bertz CT molecular complexity index is 705. The van der Waals surface area contributed by atoms with Gasteiger partial charge in [0.15, 0.2) is 0 Å². The highest BCUT2D eigenvalue weighted by Crippen LogP contribution is 2.22. The summed E-state index contributed by atoms with van der Waals surface area (Å²) in [6, 6.07) is 5.17. The molecule has 0 bridgehead atoms. The van der Waals surface area contributed by atoms with Crippen LogP contribution in [0.1, 0.15) is 16.8 Å². The molecule has 0 amide bonds. The van der Waals surface area contributed by atoms with Crippen molar-refractivity contribution in [3.8, 4) is 0 Å². The van der Waals surface area contributed by atoms with Gasteiger partial charge >= 0.3 is 0 Å². The molecule has 0 fully saturated rings. The molecule has 0 aliphatic rings. The van der Waals surface area contributed by atoms with Gasteiger partial charge in [0.25, 0.3) is 5.56 Å². The number of H-pyrrole nitrogens is 1. The van der Waals surface area contributed by atoms with E-state index in [1.54, 1.807) is 32.0 Å². The average Bonchev–Trinajstić information content (AvgIpc) is 2.39. The number of aromatic nitrogens is 2. The van der Waals surface area contributed by atoms with Crippen LogP contribution in [-0.2, 0) is 0 Å². The monoisotopic (exact) mass is 310 g/mol. The number of nitrogens with one attached hydrogen (secondary N) is 2. The van der Waals surface area contributed by atoms with Crippen molar-refractivity contribution in [3.05, 3.63) is 55.4 Å². The van der Waals surface area contributed by atoms with Crippen LogP contribution in [0.3, 0.4) is 0 Å². The maximum absolute atomic E-state index is 11.6. The number of halogens is 2. The molecular weight excluding hydrogens is 299 g/mol. The van der Waals surface area contributed by atoms with Crippen LogP contribution in [-0.4, -0.2) is 16.2 Å². The molecule has 0 spiro atoms. The van der Waals surface area contributed by atoms with E-state index in [2.05, 4.69) is 20.5 Å². The van der Waals surface area contributed by atoms with Gasteiger partial charge in [-0.25, -0.2) is 10.4 Å². The Morgan fingerprint density at radius 1 is 1.30 bits per heavy atom.